The van der Waals surface area contributed by atoms with Gasteiger partial charge in [0.1, 0.15) is 0 Å². The van der Waals surface area contributed by atoms with Crippen LogP contribution in [0.25, 0.3) is 0 Å². The SMILES string of the molecule is CCCN(C(=O)NC1CCCC1C(=O)O)C1CCNCC1. The molecule has 3 N–H and O–H groups in total. The second kappa shape index (κ2) is 7.64. The van der Waals surface area contributed by atoms with Gasteiger partial charge in [-0.1, -0.05) is 13.3 Å². The lowest BCUT2D eigenvalue weighted by Gasteiger charge is -2.35. The van der Waals surface area contributed by atoms with E-state index in [0.29, 0.717) is 6.42 Å². The van der Waals surface area contributed by atoms with E-state index in [-0.39, 0.29) is 18.1 Å². The van der Waals surface area contributed by atoms with Crippen molar-refractivity contribution in [1.82, 2.24) is 15.5 Å². The summed E-state index contributed by atoms with van der Waals surface area (Å²) in [5, 5.41) is 15.5. The average Bonchev–Trinajstić information content (AvgIpc) is 2.94. The Bertz CT molecular complexity index is 369. The third kappa shape index (κ3) is 4.09. The summed E-state index contributed by atoms with van der Waals surface area (Å²) in [6.07, 6.45) is 5.19. The number of nitrogens with zero attached hydrogens (tertiary/aromatic N) is 1. The van der Waals surface area contributed by atoms with E-state index >= 15 is 0 Å². The molecular formula is C15H27N3O3. The highest BCUT2D eigenvalue weighted by Crippen LogP contribution is 2.26. The van der Waals surface area contributed by atoms with Crippen molar-refractivity contribution >= 4 is 12.0 Å². The van der Waals surface area contributed by atoms with Crippen LogP contribution in [0.3, 0.4) is 0 Å². The van der Waals surface area contributed by atoms with Crippen molar-refractivity contribution < 1.29 is 14.7 Å². The molecule has 1 aliphatic carbocycles. The fraction of sp³-hybridized carbons (Fsp3) is 0.867. The number of hydrogen-bond acceptors (Lipinski definition) is 3. The standard InChI is InChI=1S/C15H27N3O3/c1-2-10-18(11-6-8-16-9-7-11)15(21)17-13-5-3-4-12(13)14(19)20/h11-13,16H,2-10H2,1H3,(H,17,21)(H,19,20). The number of carbonyl (C=O) groups is 2. The monoisotopic (exact) mass is 297 g/mol. The predicted molar refractivity (Wildman–Crippen MR) is 80.2 cm³/mol. The quantitative estimate of drug-likeness (QED) is 0.716. The number of nitrogens with one attached hydrogen (secondary N) is 2. The van der Waals surface area contributed by atoms with Gasteiger partial charge in [-0.3, -0.25) is 4.79 Å². The fourth-order valence-electron chi connectivity index (χ4n) is 3.48. The molecule has 21 heavy (non-hydrogen) atoms. The topological polar surface area (TPSA) is 81.7 Å². The molecule has 120 valence electrons. The third-order valence-electron chi connectivity index (χ3n) is 4.62. The average molecular weight is 297 g/mol. The van der Waals surface area contributed by atoms with E-state index in [0.717, 1.165) is 51.7 Å². The van der Waals surface area contributed by atoms with Crippen LogP contribution >= 0.6 is 0 Å². The van der Waals surface area contributed by atoms with Crippen LogP contribution in [0.15, 0.2) is 0 Å². The molecule has 6 nitrogen and oxygen atoms in total. The van der Waals surface area contributed by atoms with E-state index in [4.69, 9.17) is 0 Å². The Morgan fingerprint density at radius 2 is 1.95 bits per heavy atom. The van der Waals surface area contributed by atoms with Crippen LogP contribution in [0.5, 0.6) is 0 Å². The highest BCUT2D eigenvalue weighted by atomic mass is 16.4. The maximum absolute atomic E-state index is 12.6. The second-order valence-electron chi connectivity index (χ2n) is 6.11. The van der Waals surface area contributed by atoms with E-state index < -0.39 is 11.9 Å². The molecule has 2 unspecified atom stereocenters. The summed E-state index contributed by atoms with van der Waals surface area (Å²) in [7, 11) is 0. The van der Waals surface area contributed by atoms with Crippen LogP contribution in [-0.2, 0) is 4.79 Å². The van der Waals surface area contributed by atoms with E-state index in [1.807, 2.05) is 4.90 Å². The molecule has 1 aliphatic heterocycles. The zero-order valence-electron chi connectivity index (χ0n) is 12.8. The molecule has 1 heterocycles. The molecule has 2 fully saturated rings. The van der Waals surface area contributed by atoms with Crippen LogP contribution in [-0.4, -0.2) is 53.7 Å². The van der Waals surface area contributed by atoms with Gasteiger partial charge in [0.15, 0.2) is 0 Å². The van der Waals surface area contributed by atoms with Gasteiger partial charge < -0.3 is 20.6 Å². The first-order valence-corrected chi connectivity index (χ1v) is 8.14. The van der Waals surface area contributed by atoms with Crippen molar-refractivity contribution in [3.05, 3.63) is 0 Å². The van der Waals surface area contributed by atoms with Gasteiger partial charge in [-0.25, -0.2) is 4.79 Å². The number of urea groups is 1. The summed E-state index contributed by atoms with van der Waals surface area (Å²) in [4.78, 5) is 25.7. The van der Waals surface area contributed by atoms with Crippen molar-refractivity contribution in [2.45, 2.75) is 57.5 Å². The van der Waals surface area contributed by atoms with E-state index in [1.54, 1.807) is 0 Å². The summed E-state index contributed by atoms with van der Waals surface area (Å²) in [5.41, 5.74) is 0. The molecule has 0 radical (unpaired) electrons. The highest BCUT2D eigenvalue weighted by Gasteiger charge is 2.35. The van der Waals surface area contributed by atoms with Gasteiger partial charge in [0, 0.05) is 18.6 Å². The Labute approximate surface area is 126 Å². The number of amides is 2. The largest absolute Gasteiger partial charge is 0.481 e. The molecule has 6 heteroatoms. The Kier molecular flexibility index (Phi) is 5.85. The van der Waals surface area contributed by atoms with Crippen LogP contribution in [0.4, 0.5) is 4.79 Å². The van der Waals surface area contributed by atoms with Gasteiger partial charge in [0.25, 0.3) is 0 Å². The molecule has 1 saturated carbocycles. The molecule has 0 bridgehead atoms. The van der Waals surface area contributed by atoms with Crippen LogP contribution in [0.2, 0.25) is 0 Å². The fourth-order valence-corrected chi connectivity index (χ4v) is 3.48. The van der Waals surface area contributed by atoms with E-state index in [2.05, 4.69) is 17.6 Å². The maximum Gasteiger partial charge on any atom is 0.317 e. The normalized spacial score (nSPS) is 26.5. The lowest BCUT2D eigenvalue weighted by Crippen LogP contribution is -2.53. The summed E-state index contributed by atoms with van der Waals surface area (Å²) in [6, 6.07) is -0.0196. The molecule has 1 saturated heterocycles. The Balaban J connectivity index is 1.96. The minimum Gasteiger partial charge on any atom is -0.481 e. The first kappa shape index (κ1) is 16.1. The van der Waals surface area contributed by atoms with Gasteiger partial charge in [0.2, 0.25) is 0 Å². The first-order chi connectivity index (χ1) is 10.1. The lowest BCUT2D eigenvalue weighted by atomic mass is 10.0. The molecule has 0 aromatic rings. The van der Waals surface area contributed by atoms with Crippen molar-refractivity contribution in [1.29, 1.82) is 0 Å². The molecule has 2 amide bonds. The maximum atomic E-state index is 12.6. The van der Waals surface area contributed by atoms with Crippen LogP contribution in [0.1, 0.15) is 45.4 Å². The Morgan fingerprint density at radius 3 is 2.57 bits per heavy atom. The number of carboxylic acid groups (broad SMARTS) is 1. The molecule has 0 aromatic heterocycles. The van der Waals surface area contributed by atoms with Crippen molar-refractivity contribution in [3.63, 3.8) is 0 Å². The number of aliphatic carboxylic acids is 1. The zero-order valence-corrected chi connectivity index (χ0v) is 12.8. The summed E-state index contributed by atoms with van der Waals surface area (Å²) in [5.74, 6) is -1.22. The zero-order chi connectivity index (χ0) is 15.2. The summed E-state index contributed by atoms with van der Waals surface area (Å²) >= 11 is 0. The van der Waals surface area contributed by atoms with Gasteiger partial charge in [-0.2, -0.15) is 0 Å². The predicted octanol–water partition coefficient (Wildman–Crippen LogP) is 1.41. The number of rotatable bonds is 5. The highest BCUT2D eigenvalue weighted by molar-refractivity contribution is 5.77. The van der Waals surface area contributed by atoms with Gasteiger partial charge >= 0.3 is 12.0 Å². The molecule has 0 aromatic carbocycles. The third-order valence-corrected chi connectivity index (χ3v) is 4.62. The first-order valence-electron chi connectivity index (χ1n) is 8.14. The van der Waals surface area contributed by atoms with E-state index in [1.165, 1.54) is 0 Å². The van der Waals surface area contributed by atoms with Crippen LogP contribution < -0.4 is 10.6 Å². The molecular weight excluding hydrogens is 270 g/mol. The van der Waals surface area contributed by atoms with E-state index in [9.17, 15) is 14.7 Å². The summed E-state index contributed by atoms with van der Waals surface area (Å²) < 4.78 is 0. The van der Waals surface area contributed by atoms with Gasteiger partial charge in [0.05, 0.1) is 5.92 Å². The molecule has 0 spiro atoms. The minimum absolute atomic E-state index is 0.0816. The number of carbonyl (C=O) groups excluding carboxylic acids is 1. The van der Waals surface area contributed by atoms with Crippen molar-refractivity contribution in [3.8, 4) is 0 Å². The van der Waals surface area contributed by atoms with Crippen LogP contribution in [0, 0.1) is 5.92 Å². The number of hydrogen-bond donors (Lipinski definition) is 3. The number of piperidine rings is 1. The molecule has 2 aliphatic rings. The van der Waals surface area contributed by atoms with Crippen molar-refractivity contribution in [2.75, 3.05) is 19.6 Å². The van der Waals surface area contributed by atoms with Gasteiger partial charge in [-0.05, 0) is 45.2 Å². The van der Waals surface area contributed by atoms with Crippen molar-refractivity contribution in [2.24, 2.45) is 5.92 Å². The molecule has 2 atom stereocenters. The smallest absolute Gasteiger partial charge is 0.317 e. The second-order valence-corrected chi connectivity index (χ2v) is 6.11. The molecule has 2 rings (SSSR count). The Hall–Kier alpha value is -1.30. The summed E-state index contributed by atoms with van der Waals surface area (Å²) in [6.45, 7) is 4.69. The van der Waals surface area contributed by atoms with Gasteiger partial charge in [-0.15, -0.1) is 0 Å². The number of carboxylic acids is 1. The minimum atomic E-state index is -0.790. The Morgan fingerprint density at radius 1 is 1.24 bits per heavy atom. The lowest BCUT2D eigenvalue weighted by molar-refractivity contribution is -0.142.